The number of nitrogens with zero attached hydrogens (tertiary/aromatic N) is 3. The quantitative estimate of drug-likeness (QED) is 0.629. The molecule has 146 valence electrons. The highest BCUT2D eigenvalue weighted by Gasteiger charge is 2.21. The summed E-state index contributed by atoms with van der Waals surface area (Å²) in [5.74, 6) is 1.15. The number of morpholine rings is 1. The van der Waals surface area contributed by atoms with Crippen molar-refractivity contribution in [2.75, 3.05) is 31.6 Å². The maximum absolute atomic E-state index is 13.1. The number of anilines is 1. The molecule has 1 amide bonds. The van der Waals surface area contributed by atoms with Crippen LogP contribution in [0.25, 0.3) is 10.9 Å². The number of rotatable bonds is 5. The van der Waals surface area contributed by atoms with Crippen LogP contribution in [-0.4, -0.2) is 46.9 Å². The van der Waals surface area contributed by atoms with E-state index in [2.05, 4.69) is 15.5 Å². The van der Waals surface area contributed by atoms with E-state index in [-0.39, 0.29) is 18.0 Å². The predicted molar refractivity (Wildman–Crippen MR) is 101 cm³/mol. The standard InChI is InChI=1S/C19H21N5O4/c1-13-10-16(22-28-13)21-18(25)12-24-17(11-23-6-8-27-9-7-23)20-15-5-3-2-4-14(15)19(24)26/h2-5,10H,6-9,11-12H2,1H3,(H,21,22,25)/p+1. The maximum Gasteiger partial charge on any atom is 0.262 e. The second-order valence-corrected chi connectivity index (χ2v) is 6.85. The molecule has 4 rings (SSSR count). The summed E-state index contributed by atoms with van der Waals surface area (Å²) in [6.07, 6.45) is 0. The molecule has 0 bridgehead atoms. The summed E-state index contributed by atoms with van der Waals surface area (Å²) in [7, 11) is 0. The van der Waals surface area contributed by atoms with E-state index >= 15 is 0 Å². The zero-order valence-corrected chi connectivity index (χ0v) is 15.6. The summed E-state index contributed by atoms with van der Waals surface area (Å²) in [5.41, 5.74) is 0.415. The molecule has 1 aromatic carbocycles. The number of aromatic nitrogens is 3. The average molecular weight is 384 g/mol. The van der Waals surface area contributed by atoms with Gasteiger partial charge in [-0.1, -0.05) is 17.3 Å². The van der Waals surface area contributed by atoms with E-state index in [1.807, 2.05) is 12.1 Å². The van der Waals surface area contributed by atoms with Gasteiger partial charge in [0.15, 0.2) is 11.6 Å². The number of ether oxygens (including phenoxy) is 1. The lowest BCUT2D eigenvalue weighted by atomic mass is 10.2. The largest absolute Gasteiger partial charge is 0.370 e. The molecular formula is C19H22N5O4+. The zero-order valence-electron chi connectivity index (χ0n) is 15.6. The molecule has 1 fully saturated rings. The van der Waals surface area contributed by atoms with Crippen molar-refractivity contribution in [3.63, 3.8) is 0 Å². The third kappa shape index (κ3) is 3.95. The Labute approximate surface area is 160 Å². The molecule has 3 aromatic rings. The summed E-state index contributed by atoms with van der Waals surface area (Å²) in [5, 5.41) is 6.91. The van der Waals surface area contributed by atoms with Gasteiger partial charge in [-0.05, 0) is 19.1 Å². The second kappa shape index (κ2) is 7.91. The van der Waals surface area contributed by atoms with Gasteiger partial charge in [-0.15, -0.1) is 0 Å². The molecule has 0 unspecified atom stereocenters. The number of carbonyl (C=O) groups is 1. The summed E-state index contributed by atoms with van der Waals surface area (Å²) < 4.78 is 11.8. The molecular weight excluding hydrogens is 362 g/mol. The van der Waals surface area contributed by atoms with Crippen LogP contribution in [0.15, 0.2) is 39.6 Å². The monoisotopic (exact) mass is 384 g/mol. The normalized spacial score (nSPS) is 15.0. The van der Waals surface area contributed by atoms with Crippen LogP contribution >= 0.6 is 0 Å². The number of aryl methyl sites for hydroxylation is 1. The molecule has 1 saturated heterocycles. The molecule has 0 radical (unpaired) electrons. The van der Waals surface area contributed by atoms with Crippen LogP contribution in [0.2, 0.25) is 0 Å². The Morgan fingerprint density at radius 3 is 2.82 bits per heavy atom. The Bertz CT molecular complexity index is 1050. The smallest absolute Gasteiger partial charge is 0.262 e. The van der Waals surface area contributed by atoms with Gasteiger partial charge >= 0.3 is 0 Å². The minimum Gasteiger partial charge on any atom is -0.370 e. The summed E-state index contributed by atoms with van der Waals surface area (Å²) >= 11 is 0. The van der Waals surface area contributed by atoms with E-state index in [1.165, 1.54) is 9.47 Å². The summed E-state index contributed by atoms with van der Waals surface area (Å²) in [6, 6.07) is 8.81. The number of hydrogen-bond acceptors (Lipinski definition) is 6. The molecule has 0 spiro atoms. The fraction of sp³-hybridized carbons (Fsp3) is 0.368. The SMILES string of the molecule is Cc1cc(NC(=O)Cn2c(C[NH+]3CCOCC3)nc3ccccc3c2=O)no1. The first-order valence-corrected chi connectivity index (χ1v) is 9.23. The van der Waals surface area contributed by atoms with Crippen LogP contribution in [-0.2, 0) is 22.6 Å². The molecule has 28 heavy (non-hydrogen) atoms. The fourth-order valence-electron chi connectivity index (χ4n) is 3.32. The molecule has 1 aliphatic heterocycles. The first-order valence-electron chi connectivity index (χ1n) is 9.23. The Hall–Kier alpha value is -3.04. The van der Waals surface area contributed by atoms with Gasteiger partial charge in [-0.2, -0.15) is 0 Å². The molecule has 3 heterocycles. The topological polar surface area (TPSA) is 104 Å². The van der Waals surface area contributed by atoms with E-state index in [1.54, 1.807) is 25.1 Å². The van der Waals surface area contributed by atoms with E-state index in [9.17, 15) is 9.59 Å². The van der Waals surface area contributed by atoms with Crippen LogP contribution in [0.3, 0.4) is 0 Å². The highest BCUT2D eigenvalue weighted by atomic mass is 16.5. The van der Waals surface area contributed by atoms with Crippen molar-refractivity contribution in [2.45, 2.75) is 20.0 Å². The number of hydrogen-bond donors (Lipinski definition) is 2. The maximum atomic E-state index is 13.1. The van der Waals surface area contributed by atoms with Gasteiger partial charge in [0.05, 0.1) is 24.1 Å². The Morgan fingerprint density at radius 2 is 2.07 bits per heavy atom. The number of amides is 1. The van der Waals surface area contributed by atoms with Crippen molar-refractivity contribution >= 4 is 22.6 Å². The lowest BCUT2D eigenvalue weighted by Gasteiger charge is -2.24. The number of nitrogens with one attached hydrogen (secondary N) is 2. The van der Waals surface area contributed by atoms with Crippen LogP contribution in [0.5, 0.6) is 0 Å². The Morgan fingerprint density at radius 1 is 1.29 bits per heavy atom. The molecule has 1 aliphatic rings. The molecule has 2 aromatic heterocycles. The van der Waals surface area contributed by atoms with Crippen molar-refractivity contribution < 1.29 is 19.0 Å². The van der Waals surface area contributed by atoms with Gasteiger partial charge in [0.2, 0.25) is 5.91 Å². The summed E-state index contributed by atoms with van der Waals surface area (Å²) in [4.78, 5) is 31.5. The lowest BCUT2D eigenvalue weighted by molar-refractivity contribution is -0.922. The molecule has 9 nitrogen and oxygen atoms in total. The number of para-hydroxylation sites is 1. The van der Waals surface area contributed by atoms with Crippen molar-refractivity contribution in [1.82, 2.24) is 14.7 Å². The highest BCUT2D eigenvalue weighted by molar-refractivity contribution is 5.89. The third-order valence-electron chi connectivity index (χ3n) is 4.75. The zero-order chi connectivity index (χ0) is 19.5. The van der Waals surface area contributed by atoms with Gasteiger partial charge in [0.25, 0.3) is 5.56 Å². The van der Waals surface area contributed by atoms with Crippen LogP contribution in [0.1, 0.15) is 11.6 Å². The Kier molecular flexibility index (Phi) is 5.18. The third-order valence-corrected chi connectivity index (χ3v) is 4.75. The lowest BCUT2D eigenvalue weighted by Crippen LogP contribution is -3.13. The number of carbonyl (C=O) groups excluding carboxylic acids is 1. The van der Waals surface area contributed by atoms with Crippen molar-refractivity contribution in [3.05, 3.63) is 52.3 Å². The minimum absolute atomic E-state index is 0.137. The van der Waals surface area contributed by atoms with Crippen molar-refractivity contribution in [1.29, 1.82) is 0 Å². The minimum atomic E-state index is -0.356. The van der Waals surface area contributed by atoms with E-state index in [0.29, 0.717) is 48.1 Å². The van der Waals surface area contributed by atoms with Gasteiger partial charge in [-0.3, -0.25) is 14.2 Å². The van der Waals surface area contributed by atoms with E-state index < -0.39 is 0 Å². The number of fused-ring (bicyclic) bond motifs is 1. The predicted octanol–water partition coefficient (Wildman–Crippen LogP) is -0.253. The van der Waals surface area contributed by atoms with Crippen molar-refractivity contribution in [2.24, 2.45) is 0 Å². The van der Waals surface area contributed by atoms with Crippen LogP contribution in [0.4, 0.5) is 5.82 Å². The van der Waals surface area contributed by atoms with E-state index in [0.717, 1.165) is 13.1 Å². The van der Waals surface area contributed by atoms with Gasteiger partial charge < -0.3 is 19.5 Å². The number of quaternary nitrogens is 1. The van der Waals surface area contributed by atoms with Crippen molar-refractivity contribution in [3.8, 4) is 0 Å². The van der Waals surface area contributed by atoms with E-state index in [4.69, 9.17) is 9.26 Å². The van der Waals surface area contributed by atoms with Gasteiger partial charge in [-0.25, -0.2) is 4.98 Å². The number of benzene rings is 1. The van der Waals surface area contributed by atoms with Gasteiger partial charge in [0.1, 0.15) is 31.9 Å². The molecule has 9 heteroatoms. The summed E-state index contributed by atoms with van der Waals surface area (Å²) in [6.45, 7) is 5.20. The second-order valence-electron chi connectivity index (χ2n) is 6.85. The van der Waals surface area contributed by atoms with Crippen LogP contribution in [0, 0.1) is 6.92 Å². The Balaban J connectivity index is 1.65. The van der Waals surface area contributed by atoms with Gasteiger partial charge in [0, 0.05) is 6.07 Å². The first kappa shape index (κ1) is 18.3. The molecule has 2 N–H and O–H groups in total. The molecule has 0 saturated carbocycles. The highest BCUT2D eigenvalue weighted by Crippen LogP contribution is 2.09. The molecule has 0 atom stereocenters. The first-order chi connectivity index (χ1) is 13.6. The average Bonchev–Trinajstić information content (AvgIpc) is 3.10. The fourth-order valence-corrected chi connectivity index (χ4v) is 3.32. The van der Waals surface area contributed by atoms with Crippen LogP contribution < -0.4 is 15.8 Å². The molecule has 0 aliphatic carbocycles.